The lowest BCUT2D eigenvalue weighted by molar-refractivity contribution is 0.181. The van der Waals surface area contributed by atoms with Gasteiger partial charge in [-0.05, 0) is 30.3 Å². The zero-order chi connectivity index (χ0) is 20.9. The average molecular weight is 403 g/mol. The monoisotopic (exact) mass is 403 g/mol. The van der Waals surface area contributed by atoms with Crippen LogP contribution in [-0.4, -0.2) is 44.2 Å². The van der Waals surface area contributed by atoms with E-state index in [0.717, 1.165) is 22.7 Å². The van der Waals surface area contributed by atoms with Crippen molar-refractivity contribution in [3.8, 4) is 28.4 Å². The third-order valence-electron chi connectivity index (χ3n) is 4.39. The summed E-state index contributed by atoms with van der Waals surface area (Å²) in [4.78, 5) is 13.2. The summed E-state index contributed by atoms with van der Waals surface area (Å²) in [6, 6.07) is 15.2. The van der Waals surface area contributed by atoms with Crippen molar-refractivity contribution in [2.24, 2.45) is 0 Å². The van der Waals surface area contributed by atoms with E-state index >= 15 is 0 Å². The Morgan fingerprint density at radius 2 is 1.70 bits per heavy atom. The molecule has 4 rings (SSSR count). The predicted molar refractivity (Wildman–Crippen MR) is 112 cm³/mol. The van der Waals surface area contributed by atoms with Gasteiger partial charge in [0.25, 0.3) is 0 Å². The lowest BCUT2D eigenvalue weighted by Crippen LogP contribution is -2.04. The highest BCUT2D eigenvalue weighted by molar-refractivity contribution is 5.68. The predicted octanol–water partition coefficient (Wildman–Crippen LogP) is 2.58. The number of hydrogen-bond donors (Lipinski definition) is 1. The molecular formula is C21H21N7O2. The van der Waals surface area contributed by atoms with E-state index in [1.807, 2.05) is 54.7 Å². The minimum Gasteiger partial charge on any atom is -0.497 e. The second kappa shape index (κ2) is 8.66. The highest BCUT2D eigenvalue weighted by Gasteiger charge is 2.11. The molecule has 2 N–H and O–H groups in total. The van der Waals surface area contributed by atoms with Crippen molar-refractivity contribution >= 4 is 5.95 Å². The van der Waals surface area contributed by atoms with Crippen molar-refractivity contribution in [1.82, 2.24) is 29.9 Å². The van der Waals surface area contributed by atoms with Crippen LogP contribution in [0.5, 0.6) is 5.75 Å². The zero-order valence-corrected chi connectivity index (χ0v) is 16.7. The average Bonchev–Trinajstić information content (AvgIpc) is 3.22. The van der Waals surface area contributed by atoms with E-state index < -0.39 is 0 Å². The molecule has 0 saturated heterocycles. The Kier molecular flexibility index (Phi) is 5.62. The molecule has 0 bridgehead atoms. The molecule has 152 valence electrons. The molecule has 30 heavy (non-hydrogen) atoms. The van der Waals surface area contributed by atoms with Crippen LogP contribution in [0.2, 0.25) is 0 Å². The van der Waals surface area contributed by atoms with Gasteiger partial charge in [-0.1, -0.05) is 23.4 Å². The normalized spacial score (nSPS) is 10.9. The van der Waals surface area contributed by atoms with Gasteiger partial charge in [0, 0.05) is 12.7 Å². The fourth-order valence-electron chi connectivity index (χ4n) is 3.03. The molecule has 4 aromatic rings. The Balaban J connectivity index is 1.60. The van der Waals surface area contributed by atoms with E-state index in [1.54, 1.807) is 18.9 Å². The van der Waals surface area contributed by atoms with Crippen LogP contribution in [-0.2, 0) is 17.9 Å². The van der Waals surface area contributed by atoms with Gasteiger partial charge in [-0.15, -0.1) is 5.10 Å². The van der Waals surface area contributed by atoms with Crippen LogP contribution in [0.25, 0.3) is 22.6 Å². The molecule has 0 aliphatic heterocycles. The molecule has 0 radical (unpaired) electrons. The van der Waals surface area contributed by atoms with Gasteiger partial charge in [-0.3, -0.25) is 4.98 Å². The molecule has 3 aromatic heterocycles. The maximum Gasteiger partial charge on any atom is 0.221 e. The molecular weight excluding hydrogens is 382 g/mol. The Morgan fingerprint density at radius 3 is 2.53 bits per heavy atom. The highest BCUT2D eigenvalue weighted by Crippen LogP contribution is 2.26. The second-order valence-electron chi connectivity index (χ2n) is 6.58. The third kappa shape index (κ3) is 4.41. The maximum absolute atomic E-state index is 5.95. The summed E-state index contributed by atoms with van der Waals surface area (Å²) in [5.74, 6) is 0.897. The summed E-state index contributed by atoms with van der Waals surface area (Å²) in [6.45, 7) is 0.942. The summed E-state index contributed by atoms with van der Waals surface area (Å²) >= 11 is 0. The Morgan fingerprint density at radius 1 is 0.900 bits per heavy atom. The number of methoxy groups -OCH3 is 2. The summed E-state index contributed by atoms with van der Waals surface area (Å²) in [7, 11) is 3.27. The number of hydrogen-bond acceptors (Lipinski definition) is 8. The van der Waals surface area contributed by atoms with Crippen molar-refractivity contribution in [3.63, 3.8) is 0 Å². The quantitative estimate of drug-likeness (QED) is 0.501. The number of rotatable bonds is 7. The lowest BCUT2D eigenvalue weighted by Gasteiger charge is -2.06. The molecule has 0 atom stereocenters. The van der Waals surface area contributed by atoms with Crippen molar-refractivity contribution in [1.29, 1.82) is 0 Å². The molecule has 0 fully saturated rings. The van der Waals surface area contributed by atoms with Crippen LogP contribution in [0.4, 0.5) is 5.95 Å². The second-order valence-corrected chi connectivity index (χ2v) is 6.58. The van der Waals surface area contributed by atoms with Crippen LogP contribution in [0.15, 0.2) is 54.7 Å². The van der Waals surface area contributed by atoms with E-state index in [9.17, 15) is 0 Å². The molecule has 9 heteroatoms. The minimum absolute atomic E-state index is 0.161. The first-order valence-electron chi connectivity index (χ1n) is 9.28. The number of nitrogens with zero attached hydrogens (tertiary/aromatic N) is 6. The fraction of sp³-hybridized carbons (Fsp3) is 0.190. The van der Waals surface area contributed by atoms with Gasteiger partial charge >= 0.3 is 0 Å². The van der Waals surface area contributed by atoms with E-state index in [-0.39, 0.29) is 5.95 Å². The molecule has 0 spiro atoms. The van der Waals surface area contributed by atoms with Crippen LogP contribution >= 0.6 is 0 Å². The molecule has 0 unspecified atom stereocenters. The van der Waals surface area contributed by atoms with E-state index in [2.05, 4.69) is 25.3 Å². The molecule has 0 aliphatic rings. The minimum atomic E-state index is 0.161. The molecule has 3 heterocycles. The van der Waals surface area contributed by atoms with Gasteiger partial charge in [-0.2, -0.15) is 0 Å². The van der Waals surface area contributed by atoms with Gasteiger partial charge in [-0.25, -0.2) is 14.6 Å². The van der Waals surface area contributed by atoms with Crippen LogP contribution < -0.4 is 10.5 Å². The van der Waals surface area contributed by atoms with Gasteiger partial charge < -0.3 is 15.2 Å². The van der Waals surface area contributed by atoms with Crippen molar-refractivity contribution in [2.75, 3.05) is 20.0 Å². The lowest BCUT2D eigenvalue weighted by atomic mass is 10.1. The Labute approximate surface area is 173 Å². The first-order chi connectivity index (χ1) is 14.6. The number of pyridine rings is 1. The molecule has 0 amide bonds. The van der Waals surface area contributed by atoms with Crippen molar-refractivity contribution in [2.45, 2.75) is 13.2 Å². The molecule has 0 saturated carbocycles. The van der Waals surface area contributed by atoms with E-state index in [1.165, 1.54) is 0 Å². The van der Waals surface area contributed by atoms with Crippen LogP contribution in [0, 0.1) is 0 Å². The van der Waals surface area contributed by atoms with Crippen molar-refractivity contribution < 1.29 is 9.47 Å². The number of nitrogens with two attached hydrogens (primary N) is 1. The van der Waals surface area contributed by atoms with Gasteiger partial charge in [0.2, 0.25) is 5.95 Å². The van der Waals surface area contributed by atoms with Crippen molar-refractivity contribution in [3.05, 3.63) is 66.1 Å². The summed E-state index contributed by atoms with van der Waals surface area (Å²) in [6.07, 6.45) is 1.81. The number of anilines is 1. The van der Waals surface area contributed by atoms with Gasteiger partial charge in [0.05, 0.1) is 49.2 Å². The number of ether oxygens (including phenoxy) is 2. The Bertz CT molecular complexity index is 1160. The number of aromatic nitrogens is 6. The van der Waals surface area contributed by atoms with E-state index in [0.29, 0.717) is 30.2 Å². The highest BCUT2D eigenvalue weighted by atomic mass is 16.5. The van der Waals surface area contributed by atoms with Gasteiger partial charge in [0.1, 0.15) is 11.4 Å². The van der Waals surface area contributed by atoms with Gasteiger partial charge in [0.15, 0.2) is 0 Å². The molecule has 0 aliphatic carbocycles. The molecule has 1 aromatic carbocycles. The van der Waals surface area contributed by atoms with Crippen LogP contribution in [0.3, 0.4) is 0 Å². The molecule has 9 nitrogen and oxygen atoms in total. The summed E-state index contributed by atoms with van der Waals surface area (Å²) in [5, 5.41) is 8.44. The third-order valence-corrected chi connectivity index (χ3v) is 4.39. The topological polar surface area (TPSA) is 114 Å². The number of benzene rings is 1. The fourth-order valence-corrected chi connectivity index (χ4v) is 3.03. The van der Waals surface area contributed by atoms with Crippen LogP contribution in [0.1, 0.15) is 11.4 Å². The SMILES string of the molecule is COCc1cccc(Cn2cc(-c3cc(-c4cccc(OC)c4)nc(N)n3)nn2)n1. The van der Waals surface area contributed by atoms with E-state index in [4.69, 9.17) is 15.2 Å². The summed E-state index contributed by atoms with van der Waals surface area (Å²) in [5.41, 5.74) is 10.4. The summed E-state index contributed by atoms with van der Waals surface area (Å²) < 4.78 is 12.1. The maximum atomic E-state index is 5.95. The first kappa shape index (κ1) is 19.5. The Hall–Kier alpha value is -3.85. The first-order valence-corrected chi connectivity index (χ1v) is 9.28. The zero-order valence-electron chi connectivity index (χ0n) is 16.7. The smallest absolute Gasteiger partial charge is 0.221 e. The number of nitrogen functional groups attached to an aromatic ring is 1. The standard InChI is InChI=1S/C21H21N7O2/c1-29-13-16-7-4-6-15(23-16)11-28-12-20(26-27-28)19-10-18(24-21(22)25-19)14-5-3-8-17(9-14)30-2/h3-10,12H,11,13H2,1-2H3,(H2,22,24,25). The largest absolute Gasteiger partial charge is 0.497 e.